The summed E-state index contributed by atoms with van der Waals surface area (Å²) in [6, 6.07) is 0.705. The maximum Gasteiger partial charge on any atom is 0.241 e. The highest BCUT2D eigenvalue weighted by Crippen LogP contribution is 2.16. The number of nitriles is 1. The maximum absolute atomic E-state index is 7.13. The predicted molar refractivity (Wildman–Crippen MR) is 90.5 cm³/mol. The quantitative estimate of drug-likeness (QED) is 0.276. The first-order valence-corrected chi connectivity index (χ1v) is 8.75. The molecular formula is C17H31N3S. The fourth-order valence-electron chi connectivity index (χ4n) is 2.64. The normalized spacial score (nSPS) is 11.3. The van der Waals surface area contributed by atoms with Crippen molar-refractivity contribution in [2.75, 3.05) is 0 Å². The minimum Gasteiger partial charge on any atom is -0.696 e. The van der Waals surface area contributed by atoms with Crippen LogP contribution in [0.4, 0.5) is 0 Å². The molecule has 0 spiro atoms. The number of nitrogens with zero attached hydrogens (tertiary/aromatic N) is 2. The Hall–Kier alpha value is -1.08. The van der Waals surface area contributed by atoms with Crippen LogP contribution in [-0.4, -0.2) is 4.98 Å². The molecule has 0 saturated heterocycles. The molecule has 1 heterocycles. The van der Waals surface area contributed by atoms with Gasteiger partial charge < -0.3 is 12.6 Å². The van der Waals surface area contributed by atoms with Gasteiger partial charge in [0.05, 0.1) is 0 Å². The lowest BCUT2D eigenvalue weighted by Crippen LogP contribution is -2.36. The van der Waals surface area contributed by atoms with E-state index in [2.05, 4.69) is 48.6 Å². The second-order valence-electron chi connectivity index (χ2n) is 5.50. The first-order chi connectivity index (χ1) is 10.3. The lowest BCUT2D eigenvalue weighted by atomic mass is 10.0. The van der Waals surface area contributed by atoms with Gasteiger partial charge in [0.2, 0.25) is 6.33 Å². The van der Waals surface area contributed by atoms with Crippen molar-refractivity contribution < 1.29 is 4.57 Å². The van der Waals surface area contributed by atoms with Gasteiger partial charge in [-0.15, -0.1) is 0 Å². The second-order valence-corrected chi connectivity index (χ2v) is 5.69. The number of rotatable bonds is 11. The van der Waals surface area contributed by atoms with Gasteiger partial charge in [-0.3, -0.25) is 4.98 Å². The Morgan fingerprint density at radius 1 is 1.05 bits per heavy atom. The summed E-state index contributed by atoms with van der Waals surface area (Å²) in [6.45, 7) is 4.56. The molecule has 1 unspecified atom stereocenters. The number of aromatic amines is 1. The predicted octanol–water partition coefficient (Wildman–Crippen LogP) is 4.80. The van der Waals surface area contributed by atoms with E-state index < -0.39 is 0 Å². The third kappa shape index (κ3) is 11.3. The van der Waals surface area contributed by atoms with Crippen LogP contribution in [0.15, 0.2) is 18.7 Å². The molecule has 0 radical (unpaired) electrons. The van der Waals surface area contributed by atoms with Gasteiger partial charge in [0, 0.05) is 0 Å². The molecule has 0 amide bonds. The zero-order valence-electron chi connectivity index (χ0n) is 13.7. The van der Waals surface area contributed by atoms with E-state index in [-0.39, 0.29) is 0 Å². The first kappa shape index (κ1) is 19.9. The van der Waals surface area contributed by atoms with E-state index in [1.807, 2.05) is 6.20 Å². The smallest absolute Gasteiger partial charge is 0.241 e. The van der Waals surface area contributed by atoms with E-state index in [1.54, 1.807) is 0 Å². The molecule has 3 nitrogen and oxygen atoms in total. The average Bonchev–Trinajstić information content (AvgIpc) is 3.00. The molecule has 0 saturated carbocycles. The summed E-state index contributed by atoms with van der Waals surface area (Å²) in [7, 11) is 0. The number of H-pyrrole nitrogens is 1. The van der Waals surface area contributed by atoms with Crippen LogP contribution in [0.5, 0.6) is 0 Å². The molecule has 0 fully saturated rings. The van der Waals surface area contributed by atoms with Crippen LogP contribution in [0.1, 0.15) is 84.1 Å². The molecule has 0 aliphatic heterocycles. The highest BCUT2D eigenvalue weighted by atomic mass is 32.1. The molecule has 1 rings (SSSR count). The molecule has 1 N–H and O–H groups in total. The molecule has 0 aliphatic carbocycles. The van der Waals surface area contributed by atoms with Gasteiger partial charge in [-0.05, 0) is 19.3 Å². The fraction of sp³-hybridized carbons (Fsp3) is 0.765. The molecular weight excluding hydrogens is 278 g/mol. The topological polar surface area (TPSA) is 43.5 Å². The monoisotopic (exact) mass is 309 g/mol. The number of imidazole rings is 1. The van der Waals surface area contributed by atoms with Crippen LogP contribution < -0.4 is 4.57 Å². The summed E-state index contributed by atoms with van der Waals surface area (Å²) in [6.07, 6.45) is 20.1. The van der Waals surface area contributed by atoms with Gasteiger partial charge in [0.25, 0.3) is 0 Å². The third-order valence-electron chi connectivity index (χ3n) is 3.75. The van der Waals surface area contributed by atoms with Crippen molar-refractivity contribution in [3.8, 4) is 5.40 Å². The molecule has 0 aromatic carbocycles. The van der Waals surface area contributed by atoms with Crippen LogP contribution in [0.2, 0.25) is 0 Å². The van der Waals surface area contributed by atoms with Crippen LogP contribution >= 0.6 is 0 Å². The summed E-state index contributed by atoms with van der Waals surface area (Å²) in [4.78, 5) is 3.16. The number of hydrogen-bond donors (Lipinski definition) is 1. The fourth-order valence-corrected chi connectivity index (χ4v) is 2.64. The zero-order chi connectivity index (χ0) is 15.8. The summed E-state index contributed by atoms with van der Waals surface area (Å²) in [5.41, 5.74) is 0. The Morgan fingerprint density at radius 2 is 1.67 bits per heavy atom. The largest absolute Gasteiger partial charge is 0.696 e. The van der Waals surface area contributed by atoms with Crippen LogP contribution in [-0.2, 0) is 12.6 Å². The van der Waals surface area contributed by atoms with Crippen LogP contribution in [0.25, 0.3) is 0 Å². The number of nitrogens with one attached hydrogen (secondary N) is 1. The number of unbranched alkanes of at least 4 members (excludes halogenated alkanes) is 6. The van der Waals surface area contributed by atoms with E-state index in [0.29, 0.717) is 6.04 Å². The van der Waals surface area contributed by atoms with E-state index in [0.717, 1.165) is 0 Å². The number of hydrogen-bond acceptors (Lipinski definition) is 2. The van der Waals surface area contributed by atoms with Gasteiger partial charge in [0.15, 0.2) is 0 Å². The minimum atomic E-state index is 0.705. The summed E-state index contributed by atoms with van der Waals surface area (Å²) in [5, 5.41) is 8.47. The Balaban J connectivity index is 0.00000122. The standard InChI is InChI=1S/C16H30N2.CHNS/c1-3-5-6-7-8-9-10-12-16(11-4-2)18-14-13-17-15-18;2-1-3/h13-16H,3-12H2,1-2H3;3H. The van der Waals surface area contributed by atoms with Crippen molar-refractivity contribution in [3.63, 3.8) is 0 Å². The highest BCUT2D eigenvalue weighted by Gasteiger charge is 2.13. The molecule has 0 bridgehead atoms. The summed E-state index contributed by atoms with van der Waals surface area (Å²) >= 11 is 3.70. The molecule has 1 aromatic heterocycles. The summed E-state index contributed by atoms with van der Waals surface area (Å²) < 4.78 is 2.35. The van der Waals surface area contributed by atoms with Gasteiger partial charge >= 0.3 is 0 Å². The average molecular weight is 310 g/mol. The number of aromatic nitrogens is 2. The van der Waals surface area contributed by atoms with Crippen molar-refractivity contribution in [1.82, 2.24) is 4.98 Å². The third-order valence-corrected chi connectivity index (χ3v) is 3.75. The van der Waals surface area contributed by atoms with Crippen molar-refractivity contribution in [3.05, 3.63) is 18.7 Å². The van der Waals surface area contributed by atoms with Gasteiger partial charge in [-0.1, -0.05) is 64.2 Å². The lowest BCUT2D eigenvalue weighted by Gasteiger charge is -2.12. The van der Waals surface area contributed by atoms with Crippen molar-refractivity contribution >= 4 is 12.6 Å². The van der Waals surface area contributed by atoms with Crippen molar-refractivity contribution in [2.24, 2.45) is 0 Å². The molecule has 0 aliphatic rings. The van der Waals surface area contributed by atoms with Gasteiger partial charge in [-0.25, -0.2) is 9.83 Å². The zero-order valence-corrected chi connectivity index (χ0v) is 14.5. The maximum atomic E-state index is 7.13. The molecule has 4 heteroatoms. The molecule has 1 atom stereocenters. The van der Waals surface area contributed by atoms with E-state index in [4.69, 9.17) is 5.26 Å². The first-order valence-electron chi connectivity index (χ1n) is 8.34. The van der Waals surface area contributed by atoms with Crippen molar-refractivity contribution in [1.29, 1.82) is 5.26 Å². The molecule has 1 aromatic rings. The molecule has 21 heavy (non-hydrogen) atoms. The Bertz CT molecular complexity index is 343. The van der Waals surface area contributed by atoms with Gasteiger partial charge in [0.1, 0.15) is 18.4 Å². The minimum absolute atomic E-state index is 0.705. The van der Waals surface area contributed by atoms with E-state index >= 15 is 0 Å². The van der Waals surface area contributed by atoms with Gasteiger partial charge in [-0.2, -0.15) is 0 Å². The van der Waals surface area contributed by atoms with Crippen LogP contribution in [0, 0.1) is 10.7 Å². The Labute approximate surface area is 136 Å². The van der Waals surface area contributed by atoms with E-state index in [9.17, 15) is 0 Å². The second kappa shape index (κ2) is 15.3. The van der Waals surface area contributed by atoms with Crippen molar-refractivity contribution in [2.45, 2.75) is 84.1 Å². The molecule has 120 valence electrons. The Morgan fingerprint density at radius 3 is 2.19 bits per heavy atom. The summed E-state index contributed by atoms with van der Waals surface area (Å²) in [5.74, 6) is 0. The SMILES string of the molecule is CCCCCCCCCC(CCC)[n+]1cc[nH]c1.N#C[S-]. The highest BCUT2D eigenvalue weighted by molar-refractivity contribution is 7.64. The van der Waals surface area contributed by atoms with Crippen LogP contribution in [0.3, 0.4) is 0 Å². The number of thiocyanates is 1. The lowest BCUT2D eigenvalue weighted by molar-refractivity contribution is -0.723. The van der Waals surface area contributed by atoms with E-state index in [1.165, 1.54) is 69.6 Å². The Kier molecular flexibility index (Phi) is 14.5.